The minimum Gasteiger partial charge on any atom is -0.403 e. The number of nitro groups is 1. The van der Waals surface area contributed by atoms with Crippen LogP contribution in [0.5, 0.6) is 0 Å². The number of ether oxygens (including phenoxy) is 1. The summed E-state index contributed by atoms with van der Waals surface area (Å²) in [7, 11) is -2.56. The van der Waals surface area contributed by atoms with E-state index in [-0.39, 0.29) is 18.1 Å². The van der Waals surface area contributed by atoms with E-state index in [9.17, 15) is 29.7 Å². The molecule has 1 fully saturated rings. The molecule has 1 saturated heterocycles. The van der Waals surface area contributed by atoms with Crippen molar-refractivity contribution in [1.82, 2.24) is 14.2 Å². The standard InChI is InChI=1S/C19H27ClN5O10P/c1-23(8-3-2-7-20)36(31,32-10-12-4-5-15(34-12)25(29)30)33-11-13-16(26)17(27)18(35-13)24-9-6-14(21)22-19(24)28/h4-6,9,13,16-18,26-27H,2-3,7-8,10-11H2,1H3,(H2,21,22,28). The summed E-state index contributed by atoms with van der Waals surface area (Å²) in [6, 6.07) is 3.76. The second-order valence-corrected chi connectivity index (χ2v) is 10.4. The van der Waals surface area contributed by atoms with E-state index in [2.05, 4.69) is 4.98 Å². The summed E-state index contributed by atoms with van der Waals surface area (Å²) in [5, 5.41) is 31.7. The van der Waals surface area contributed by atoms with Crippen LogP contribution in [0.15, 0.2) is 33.6 Å². The van der Waals surface area contributed by atoms with Gasteiger partial charge in [0.05, 0.1) is 12.7 Å². The van der Waals surface area contributed by atoms with Crippen LogP contribution < -0.4 is 11.4 Å². The fraction of sp³-hybridized carbons (Fsp3) is 0.579. The van der Waals surface area contributed by atoms with Crippen molar-refractivity contribution in [3.05, 3.63) is 50.8 Å². The van der Waals surface area contributed by atoms with E-state index >= 15 is 0 Å². The first-order valence-electron chi connectivity index (χ1n) is 10.8. The summed E-state index contributed by atoms with van der Waals surface area (Å²) >= 11 is 5.71. The number of alkyl halides is 1. The van der Waals surface area contributed by atoms with Crippen molar-refractivity contribution in [2.45, 2.75) is 44.0 Å². The highest BCUT2D eigenvalue weighted by Gasteiger charge is 2.45. The zero-order valence-corrected chi connectivity index (χ0v) is 20.9. The first-order chi connectivity index (χ1) is 17.1. The number of rotatable bonds is 13. The Kier molecular flexibility index (Phi) is 9.60. The molecule has 1 aliphatic heterocycles. The molecule has 17 heteroatoms. The lowest BCUT2D eigenvalue weighted by Gasteiger charge is -2.28. The normalized spacial score (nSPS) is 23.7. The molecule has 0 radical (unpaired) electrons. The summed E-state index contributed by atoms with van der Waals surface area (Å²) in [6.07, 6.45) is -3.03. The Morgan fingerprint density at radius 3 is 2.69 bits per heavy atom. The zero-order chi connectivity index (χ0) is 26.5. The molecule has 15 nitrogen and oxygen atoms in total. The van der Waals surface area contributed by atoms with E-state index < -0.39 is 62.0 Å². The van der Waals surface area contributed by atoms with Crippen LogP contribution >= 0.6 is 19.3 Å². The van der Waals surface area contributed by atoms with Gasteiger partial charge in [-0.1, -0.05) is 0 Å². The predicted octanol–water partition coefficient (Wildman–Crippen LogP) is 1.24. The number of nitrogen functional groups attached to an aromatic ring is 1. The number of aliphatic hydroxyl groups is 2. The number of furan rings is 1. The van der Waals surface area contributed by atoms with E-state index in [1.165, 1.54) is 30.0 Å². The molecule has 0 aliphatic carbocycles. The van der Waals surface area contributed by atoms with Gasteiger partial charge >= 0.3 is 19.3 Å². The van der Waals surface area contributed by atoms with E-state index in [1.807, 2.05) is 0 Å². The Morgan fingerprint density at radius 2 is 2.06 bits per heavy atom. The average Bonchev–Trinajstić information content (AvgIpc) is 3.42. The molecule has 3 heterocycles. The number of hydrogen-bond donors (Lipinski definition) is 3. The van der Waals surface area contributed by atoms with Crippen molar-refractivity contribution in [3.63, 3.8) is 0 Å². The van der Waals surface area contributed by atoms with Crippen LogP contribution in [0.4, 0.5) is 11.7 Å². The molecule has 4 N–H and O–H groups in total. The summed E-state index contributed by atoms with van der Waals surface area (Å²) in [4.78, 5) is 25.8. The van der Waals surface area contributed by atoms with Crippen molar-refractivity contribution >= 4 is 31.0 Å². The number of halogens is 1. The number of aromatic nitrogens is 2. The van der Waals surface area contributed by atoms with Gasteiger partial charge in [0.1, 0.15) is 41.4 Å². The van der Waals surface area contributed by atoms with Crippen molar-refractivity contribution < 1.29 is 37.9 Å². The first-order valence-corrected chi connectivity index (χ1v) is 12.8. The highest BCUT2D eigenvalue weighted by Crippen LogP contribution is 2.52. The number of unbranched alkanes of at least 4 members (excludes halogenated alkanes) is 1. The number of nitrogens with two attached hydrogens (primary N) is 1. The molecule has 0 bridgehead atoms. The highest BCUT2D eigenvalue weighted by molar-refractivity contribution is 7.51. The van der Waals surface area contributed by atoms with Gasteiger partial charge in [0.15, 0.2) is 6.23 Å². The molecule has 0 saturated carbocycles. The van der Waals surface area contributed by atoms with E-state index in [0.717, 1.165) is 10.6 Å². The maximum absolute atomic E-state index is 13.6. The lowest BCUT2D eigenvalue weighted by molar-refractivity contribution is -0.402. The van der Waals surface area contributed by atoms with Gasteiger partial charge in [0.2, 0.25) is 0 Å². The van der Waals surface area contributed by atoms with Crippen LogP contribution in [0.3, 0.4) is 0 Å². The van der Waals surface area contributed by atoms with E-state index in [1.54, 1.807) is 0 Å². The number of aliphatic hydroxyl groups excluding tert-OH is 2. The van der Waals surface area contributed by atoms with Gasteiger partial charge in [-0.15, -0.1) is 11.6 Å². The molecular formula is C19H27ClN5O10P. The summed E-state index contributed by atoms with van der Waals surface area (Å²) in [6.45, 7) is -0.619. The lowest BCUT2D eigenvalue weighted by Crippen LogP contribution is -2.36. The Labute approximate surface area is 210 Å². The van der Waals surface area contributed by atoms with Crippen LogP contribution in [0.1, 0.15) is 24.8 Å². The van der Waals surface area contributed by atoms with Crippen LogP contribution in [-0.4, -0.2) is 73.7 Å². The predicted molar refractivity (Wildman–Crippen MR) is 125 cm³/mol. The molecule has 200 valence electrons. The van der Waals surface area contributed by atoms with Crippen LogP contribution in [0.2, 0.25) is 0 Å². The largest absolute Gasteiger partial charge is 0.433 e. The Bertz CT molecular complexity index is 1150. The van der Waals surface area contributed by atoms with E-state index in [4.69, 9.17) is 35.5 Å². The third-order valence-electron chi connectivity index (χ3n) is 5.35. The summed E-state index contributed by atoms with van der Waals surface area (Å²) < 4.78 is 37.6. The quantitative estimate of drug-likeness (QED) is 0.105. The molecule has 0 aromatic carbocycles. The van der Waals surface area contributed by atoms with E-state index in [0.29, 0.717) is 18.7 Å². The Hall–Kier alpha value is -2.36. The average molecular weight is 552 g/mol. The Morgan fingerprint density at radius 1 is 1.31 bits per heavy atom. The smallest absolute Gasteiger partial charge is 0.403 e. The van der Waals surface area contributed by atoms with Crippen LogP contribution in [0, 0.1) is 10.1 Å². The monoisotopic (exact) mass is 551 g/mol. The number of nitrogens with zero attached hydrogens (tertiary/aromatic N) is 4. The molecule has 0 amide bonds. The van der Waals surface area contributed by atoms with Gasteiger partial charge in [-0.2, -0.15) is 4.98 Å². The van der Waals surface area contributed by atoms with Gasteiger partial charge in [-0.25, -0.2) is 14.0 Å². The second kappa shape index (κ2) is 12.3. The minimum atomic E-state index is -4.05. The number of anilines is 1. The van der Waals surface area contributed by atoms with Crippen LogP contribution in [-0.2, 0) is 25.0 Å². The molecule has 3 rings (SSSR count). The molecule has 1 aliphatic rings. The number of hydrogen-bond acceptors (Lipinski definition) is 12. The van der Waals surface area contributed by atoms with Crippen molar-refractivity contribution in [2.24, 2.45) is 0 Å². The summed E-state index contributed by atoms with van der Waals surface area (Å²) in [5.74, 6) is -0.0879. The first kappa shape index (κ1) is 28.2. The molecule has 5 atom stereocenters. The highest BCUT2D eigenvalue weighted by atomic mass is 35.5. The van der Waals surface area contributed by atoms with Gasteiger partial charge in [-0.3, -0.25) is 23.7 Å². The Balaban J connectivity index is 1.71. The third kappa shape index (κ3) is 6.69. The van der Waals surface area contributed by atoms with Crippen molar-refractivity contribution in [2.75, 3.05) is 31.8 Å². The third-order valence-corrected chi connectivity index (χ3v) is 7.58. The topological polar surface area (TPSA) is 206 Å². The maximum Gasteiger partial charge on any atom is 0.433 e. The van der Waals surface area contributed by atoms with Crippen molar-refractivity contribution in [1.29, 1.82) is 0 Å². The van der Waals surface area contributed by atoms with Gasteiger partial charge in [0.25, 0.3) is 0 Å². The van der Waals surface area contributed by atoms with Gasteiger partial charge < -0.3 is 25.1 Å². The van der Waals surface area contributed by atoms with Crippen molar-refractivity contribution in [3.8, 4) is 0 Å². The fourth-order valence-corrected chi connectivity index (χ4v) is 5.03. The minimum absolute atomic E-state index is 0.0265. The van der Waals surface area contributed by atoms with Crippen LogP contribution in [0.25, 0.3) is 0 Å². The maximum atomic E-state index is 13.6. The van der Waals surface area contributed by atoms with Gasteiger partial charge in [0, 0.05) is 18.6 Å². The molecule has 5 unspecified atom stereocenters. The van der Waals surface area contributed by atoms with Gasteiger partial charge in [-0.05, 0) is 32.0 Å². The molecule has 0 spiro atoms. The lowest BCUT2D eigenvalue weighted by atomic mass is 10.1. The molecular weight excluding hydrogens is 525 g/mol. The fourth-order valence-electron chi connectivity index (χ4n) is 3.36. The molecule has 36 heavy (non-hydrogen) atoms. The summed E-state index contributed by atoms with van der Waals surface area (Å²) in [5.41, 5.74) is 4.68. The molecule has 2 aromatic rings. The second-order valence-electron chi connectivity index (χ2n) is 7.90. The SMILES string of the molecule is CN(CCCCCl)P(=O)(OCc1ccc([N+](=O)[O-])o1)OCC1OC(n2ccc(N)nc2=O)C(O)C1O. The zero-order valence-electron chi connectivity index (χ0n) is 19.2. The molecule has 2 aromatic heterocycles.